The van der Waals surface area contributed by atoms with Gasteiger partial charge in [-0.3, -0.25) is 4.90 Å². The molecule has 6 heteroatoms. The van der Waals surface area contributed by atoms with Crippen molar-refractivity contribution >= 4 is 17.3 Å². The second-order valence-electron chi connectivity index (χ2n) is 8.69. The summed E-state index contributed by atoms with van der Waals surface area (Å²) < 4.78 is 5.78. The summed E-state index contributed by atoms with van der Waals surface area (Å²) in [5.74, 6) is 0.894. The first kappa shape index (κ1) is 21.6. The SMILES string of the molecule is CC1=C(c2nc(-c3ccccc3)no2)C(c2ccc(C)c(C)c2)NC(=O)N1c1ccc(C)cc1. The minimum Gasteiger partial charge on any atom is -0.334 e. The van der Waals surface area contributed by atoms with E-state index in [4.69, 9.17) is 9.51 Å². The highest BCUT2D eigenvalue weighted by Crippen LogP contribution is 2.39. The molecule has 2 amide bonds. The van der Waals surface area contributed by atoms with Crippen LogP contribution in [0.3, 0.4) is 0 Å². The van der Waals surface area contributed by atoms with Gasteiger partial charge >= 0.3 is 6.03 Å². The van der Waals surface area contributed by atoms with Crippen molar-refractivity contribution in [2.75, 3.05) is 4.90 Å². The molecule has 6 nitrogen and oxygen atoms in total. The molecular weight excluding hydrogens is 424 g/mol. The number of benzene rings is 3. The van der Waals surface area contributed by atoms with Gasteiger partial charge < -0.3 is 9.84 Å². The molecule has 0 bridgehead atoms. The van der Waals surface area contributed by atoms with Crippen molar-refractivity contribution in [2.45, 2.75) is 33.7 Å². The number of aromatic nitrogens is 2. The van der Waals surface area contributed by atoms with Crippen LogP contribution in [0.25, 0.3) is 17.0 Å². The van der Waals surface area contributed by atoms with Gasteiger partial charge in [0.15, 0.2) is 0 Å². The monoisotopic (exact) mass is 450 g/mol. The lowest BCUT2D eigenvalue weighted by molar-refractivity contribution is 0.244. The van der Waals surface area contributed by atoms with E-state index in [1.807, 2.05) is 74.5 Å². The first-order chi connectivity index (χ1) is 16.4. The summed E-state index contributed by atoms with van der Waals surface area (Å²) in [4.78, 5) is 19.7. The maximum atomic E-state index is 13.3. The molecule has 0 saturated carbocycles. The molecule has 5 rings (SSSR count). The number of allylic oxidation sites excluding steroid dienone is 1. The highest BCUT2D eigenvalue weighted by Gasteiger charge is 2.36. The number of nitrogens with one attached hydrogen (secondary N) is 1. The van der Waals surface area contributed by atoms with Gasteiger partial charge in [-0.05, 0) is 56.5 Å². The molecule has 0 fully saturated rings. The molecule has 0 spiro atoms. The summed E-state index contributed by atoms with van der Waals surface area (Å²) in [7, 11) is 0. The van der Waals surface area contributed by atoms with Crippen molar-refractivity contribution in [1.82, 2.24) is 15.5 Å². The topological polar surface area (TPSA) is 71.3 Å². The highest BCUT2D eigenvalue weighted by atomic mass is 16.5. The van der Waals surface area contributed by atoms with Gasteiger partial charge in [-0.1, -0.05) is 71.4 Å². The van der Waals surface area contributed by atoms with E-state index in [2.05, 4.69) is 36.5 Å². The number of nitrogens with zero attached hydrogens (tertiary/aromatic N) is 3. The predicted octanol–water partition coefficient (Wildman–Crippen LogP) is 6.36. The van der Waals surface area contributed by atoms with Crippen molar-refractivity contribution in [3.05, 3.63) is 107 Å². The molecule has 0 radical (unpaired) electrons. The standard InChI is InChI=1S/C28H26N4O2/c1-17-10-14-23(15-11-17)32-20(4)24(27-30-26(31-34-27)21-8-6-5-7-9-21)25(29-28(32)33)22-13-12-18(2)19(3)16-22/h5-16,25H,1-4H3,(H,29,33). The van der Waals surface area contributed by atoms with E-state index in [1.54, 1.807) is 4.90 Å². The van der Waals surface area contributed by atoms with Crippen LogP contribution in [0.4, 0.5) is 10.5 Å². The number of hydrogen-bond donors (Lipinski definition) is 1. The maximum Gasteiger partial charge on any atom is 0.326 e. The third kappa shape index (κ3) is 3.88. The lowest BCUT2D eigenvalue weighted by Gasteiger charge is -2.35. The summed E-state index contributed by atoms with van der Waals surface area (Å²) in [6.45, 7) is 8.09. The van der Waals surface area contributed by atoms with E-state index in [1.165, 1.54) is 5.56 Å². The first-order valence-electron chi connectivity index (χ1n) is 11.3. The van der Waals surface area contributed by atoms with Crippen LogP contribution in [0, 0.1) is 20.8 Å². The van der Waals surface area contributed by atoms with Gasteiger partial charge in [0.25, 0.3) is 5.89 Å². The van der Waals surface area contributed by atoms with Gasteiger partial charge in [-0.2, -0.15) is 4.98 Å². The minimum atomic E-state index is -0.419. The van der Waals surface area contributed by atoms with Crippen LogP contribution in [0.5, 0.6) is 0 Å². The first-order valence-corrected chi connectivity index (χ1v) is 11.3. The molecule has 4 aromatic rings. The van der Waals surface area contributed by atoms with Gasteiger partial charge in [0.2, 0.25) is 5.82 Å². The quantitative estimate of drug-likeness (QED) is 0.392. The Balaban J connectivity index is 1.67. The van der Waals surface area contributed by atoms with E-state index in [0.717, 1.165) is 39.2 Å². The van der Waals surface area contributed by atoms with Crippen molar-refractivity contribution in [3.63, 3.8) is 0 Å². The largest absolute Gasteiger partial charge is 0.334 e. The fourth-order valence-corrected chi connectivity index (χ4v) is 4.26. The Morgan fingerprint density at radius 2 is 1.62 bits per heavy atom. The Labute approximate surface area is 198 Å². The lowest BCUT2D eigenvalue weighted by atomic mass is 9.92. The summed E-state index contributed by atoms with van der Waals surface area (Å²) in [5, 5.41) is 7.40. The molecule has 1 unspecified atom stereocenters. The van der Waals surface area contributed by atoms with Crippen LogP contribution in [-0.4, -0.2) is 16.2 Å². The molecule has 1 aliphatic heterocycles. The van der Waals surface area contributed by atoms with Crippen molar-refractivity contribution in [1.29, 1.82) is 0 Å². The van der Waals surface area contributed by atoms with Crippen LogP contribution in [0.1, 0.15) is 41.1 Å². The fourth-order valence-electron chi connectivity index (χ4n) is 4.26. The zero-order valence-corrected chi connectivity index (χ0v) is 19.7. The number of amides is 2. The molecule has 1 N–H and O–H groups in total. The average molecular weight is 451 g/mol. The lowest BCUT2D eigenvalue weighted by Crippen LogP contribution is -2.46. The molecule has 0 aliphatic carbocycles. The summed E-state index contributed by atoms with van der Waals surface area (Å²) in [6.07, 6.45) is 0. The number of carbonyl (C=O) groups is 1. The van der Waals surface area contributed by atoms with Gasteiger partial charge in [-0.25, -0.2) is 4.79 Å². The van der Waals surface area contributed by atoms with Crippen LogP contribution in [-0.2, 0) is 0 Å². The van der Waals surface area contributed by atoms with Crippen molar-refractivity contribution < 1.29 is 9.32 Å². The molecule has 1 atom stereocenters. The molecule has 0 saturated heterocycles. The second-order valence-corrected chi connectivity index (χ2v) is 8.69. The molecule has 170 valence electrons. The smallest absolute Gasteiger partial charge is 0.326 e. The van der Waals surface area contributed by atoms with Gasteiger partial charge in [0.1, 0.15) is 0 Å². The van der Waals surface area contributed by atoms with Crippen LogP contribution < -0.4 is 10.2 Å². The van der Waals surface area contributed by atoms with Crippen LogP contribution in [0.2, 0.25) is 0 Å². The molecule has 34 heavy (non-hydrogen) atoms. The number of hydrogen-bond acceptors (Lipinski definition) is 4. The summed E-state index contributed by atoms with van der Waals surface area (Å²) >= 11 is 0. The normalized spacial score (nSPS) is 16.1. The van der Waals surface area contributed by atoms with Gasteiger partial charge in [-0.15, -0.1) is 0 Å². The summed E-state index contributed by atoms with van der Waals surface area (Å²) in [6, 6.07) is 23.2. The third-order valence-corrected chi connectivity index (χ3v) is 6.33. The Hall–Kier alpha value is -4.19. The minimum absolute atomic E-state index is 0.198. The highest BCUT2D eigenvalue weighted by molar-refractivity contribution is 6.01. The Morgan fingerprint density at radius 3 is 2.32 bits per heavy atom. The number of rotatable bonds is 4. The van der Waals surface area contributed by atoms with E-state index < -0.39 is 6.04 Å². The molecule has 2 heterocycles. The number of aryl methyl sites for hydroxylation is 3. The second kappa shape index (κ2) is 8.63. The number of urea groups is 1. The molecular formula is C28H26N4O2. The Bertz CT molecular complexity index is 1390. The summed E-state index contributed by atoms with van der Waals surface area (Å²) in [5.41, 5.74) is 7.61. The average Bonchev–Trinajstić information content (AvgIpc) is 3.32. The zero-order chi connectivity index (χ0) is 23.8. The van der Waals surface area contributed by atoms with E-state index >= 15 is 0 Å². The van der Waals surface area contributed by atoms with Crippen molar-refractivity contribution in [2.24, 2.45) is 0 Å². The van der Waals surface area contributed by atoms with E-state index in [-0.39, 0.29) is 6.03 Å². The maximum absolute atomic E-state index is 13.3. The van der Waals surface area contributed by atoms with Crippen LogP contribution >= 0.6 is 0 Å². The van der Waals surface area contributed by atoms with Gasteiger partial charge in [0, 0.05) is 11.3 Å². The van der Waals surface area contributed by atoms with Crippen molar-refractivity contribution in [3.8, 4) is 11.4 Å². The van der Waals surface area contributed by atoms with E-state index in [0.29, 0.717) is 11.7 Å². The fraction of sp³-hybridized carbons (Fsp3) is 0.179. The zero-order valence-electron chi connectivity index (χ0n) is 19.7. The van der Waals surface area contributed by atoms with Gasteiger partial charge in [0.05, 0.1) is 17.3 Å². The number of anilines is 1. The predicted molar refractivity (Wildman–Crippen MR) is 133 cm³/mol. The Morgan fingerprint density at radius 1 is 0.882 bits per heavy atom. The van der Waals surface area contributed by atoms with E-state index in [9.17, 15) is 4.79 Å². The number of carbonyl (C=O) groups excluding carboxylic acids is 1. The molecule has 3 aromatic carbocycles. The molecule has 1 aromatic heterocycles. The third-order valence-electron chi connectivity index (χ3n) is 6.33. The molecule has 1 aliphatic rings. The Kier molecular flexibility index (Phi) is 5.49. The van der Waals surface area contributed by atoms with Crippen LogP contribution in [0.15, 0.2) is 83.0 Å².